The molecule has 3 nitrogen and oxygen atoms in total. The predicted molar refractivity (Wildman–Crippen MR) is 80.2 cm³/mol. The fourth-order valence-electron chi connectivity index (χ4n) is 2.17. The van der Waals surface area contributed by atoms with Crippen molar-refractivity contribution in [2.75, 3.05) is 39.1 Å². The van der Waals surface area contributed by atoms with Crippen molar-refractivity contribution in [2.45, 2.75) is 25.8 Å². The van der Waals surface area contributed by atoms with Gasteiger partial charge in [0.2, 0.25) is 0 Å². The molecule has 4 heteroatoms. The lowest BCUT2D eigenvalue weighted by Crippen LogP contribution is -2.26. The molecule has 0 aliphatic heterocycles. The Morgan fingerprint density at radius 2 is 1.89 bits per heavy atom. The van der Waals surface area contributed by atoms with E-state index in [4.69, 9.17) is 5.73 Å². The Hall–Kier alpha value is -1.13. The number of benzene rings is 1. The van der Waals surface area contributed by atoms with Crippen molar-refractivity contribution < 1.29 is 4.39 Å². The van der Waals surface area contributed by atoms with Gasteiger partial charge in [-0.1, -0.05) is 6.07 Å². The minimum Gasteiger partial charge on any atom is -0.374 e. The number of hydrogen-bond donors (Lipinski definition) is 1. The normalized spacial score (nSPS) is 12.8. The fourth-order valence-corrected chi connectivity index (χ4v) is 2.17. The fraction of sp³-hybridized carbons (Fsp3) is 0.600. The van der Waals surface area contributed by atoms with Crippen molar-refractivity contribution in [1.82, 2.24) is 4.90 Å². The van der Waals surface area contributed by atoms with Gasteiger partial charge in [0.1, 0.15) is 5.82 Å². The van der Waals surface area contributed by atoms with Crippen LogP contribution in [0, 0.1) is 5.82 Å². The Morgan fingerprint density at radius 1 is 1.21 bits per heavy atom. The molecule has 0 fully saturated rings. The summed E-state index contributed by atoms with van der Waals surface area (Å²) in [5.74, 6) is -0.158. The second-order valence-corrected chi connectivity index (χ2v) is 5.50. The van der Waals surface area contributed by atoms with Gasteiger partial charge < -0.3 is 15.5 Å². The molecule has 108 valence electrons. The molecule has 1 atom stereocenters. The first-order chi connectivity index (χ1) is 8.91. The highest BCUT2D eigenvalue weighted by Gasteiger charge is 2.13. The molecule has 0 aliphatic rings. The molecule has 0 heterocycles. The van der Waals surface area contributed by atoms with E-state index >= 15 is 0 Å². The lowest BCUT2D eigenvalue weighted by Gasteiger charge is -2.24. The second kappa shape index (κ2) is 7.46. The lowest BCUT2D eigenvalue weighted by atomic mass is 10.0. The topological polar surface area (TPSA) is 32.5 Å². The molecular formula is C15H26FN3. The third-order valence-corrected chi connectivity index (χ3v) is 3.13. The van der Waals surface area contributed by atoms with E-state index < -0.39 is 0 Å². The maximum Gasteiger partial charge on any atom is 0.128 e. The van der Waals surface area contributed by atoms with E-state index in [1.807, 2.05) is 20.0 Å². The highest BCUT2D eigenvalue weighted by molar-refractivity contribution is 5.54. The van der Waals surface area contributed by atoms with E-state index in [1.165, 1.54) is 6.07 Å². The Kier molecular flexibility index (Phi) is 6.25. The van der Waals surface area contributed by atoms with Crippen LogP contribution in [0.2, 0.25) is 0 Å². The second-order valence-electron chi connectivity index (χ2n) is 5.50. The van der Waals surface area contributed by atoms with E-state index in [0.717, 1.165) is 30.8 Å². The van der Waals surface area contributed by atoms with E-state index in [1.54, 1.807) is 6.07 Å². The molecule has 0 bridgehead atoms. The van der Waals surface area contributed by atoms with Gasteiger partial charge in [-0.25, -0.2) is 4.39 Å². The number of anilines is 1. The third-order valence-electron chi connectivity index (χ3n) is 3.13. The third kappa shape index (κ3) is 5.17. The molecule has 0 radical (unpaired) electrons. The summed E-state index contributed by atoms with van der Waals surface area (Å²) in [6.07, 6.45) is 1.62. The van der Waals surface area contributed by atoms with Gasteiger partial charge in [-0.15, -0.1) is 0 Å². The SMILES string of the molecule is CC(N)Cc1c(F)cccc1N(C)CCCN(C)C. The first-order valence-corrected chi connectivity index (χ1v) is 6.80. The molecular weight excluding hydrogens is 241 g/mol. The van der Waals surface area contributed by atoms with E-state index in [-0.39, 0.29) is 11.9 Å². The average Bonchev–Trinajstić information content (AvgIpc) is 2.30. The summed E-state index contributed by atoms with van der Waals surface area (Å²) < 4.78 is 13.9. The van der Waals surface area contributed by atoms with E-state index in [2.05, 4.69) is 23.9 Å². The van der Waals surface area contributed by atoms with Gasteiger partial charge >= 0.3 is 0 Å². The van der Waals surface area contributed by atoms with Crippen LogP contribution in [0.1, 0.15) is 18.9 Å². The van der Waals surface area contributed by atoms with Crippen LogP contribution in [0.25, 0.3) is 0 Å². The Morgan fingerprint density at radius 3 is 2.47 bits per heavy atom. The van der Waals surface area contributed by atoms with Crippen molar-refractivity contribution in [3.8, 4) is 0 Å². The minimum atomic E-state index is -0.158. The van der Waals surface area contributed by atoms with Crippen LogP contribution in [0.3, 0.4) is 0 Å². The maximum atomic E-state index is 13.9. The van der Waals surface area contributed by atoms with Crippen LogP contribution < -0.4 is 10.6 Å². The molecule has 2 N–H and O–H groups in total. The molecule has 19 heavy (non-hydrogen) atoms. The van der Waals surface area contributed by atoms with Crippen molar-refractivity contribution in [1.29, 1.82) is 0 Å². The zero-order valence-electron chi connectivity index (χ0n) is 12.5. The summed E-state index contributed by atoms with van der Waals surface area (Å²) in [5, 5.41) is 0. The van der Waals surface area contributed by atoms with Crippen molar-refractivity contribution in [3.05, 3.63) is 29.6 Å². The number of hydrogen-bond acceptors (Lipinski definition) is 3. The number of halogens is 1. The predicted octanol–water partition coefficient (Wildman–Crippen LogP) is 2.10. The number of nitrogens with zero attached hydrogens (tertiary/aromatic N) is 2. The smallest absolute Gasteiger partial charge is 0.128 e. The van der Waals surface area contributed by atoms with Crippen LogP contribution in [0.4, 0.5) is 10.1 Å². The van der Waals surface area contributed by atoms with Crippen LogP contribution >= 0.6 is 0 Å². The summed E-state index contributed by atoms with van der Waals surface area (Å²) in [5.41, 5.74) is 7.49. The molecule has 0 saturated carbocycles. The zero-order valence-corrected chi connectivity index (χ0v) is 12.5. The highest BCUT2D eigenvalue weighted by Crippen LogP contribution is 2.23. The average molecular weight is 267 g/mol. The highest BCUT2D eigenvalue weighted by atomic mass is 19.1. The Balaban J connectivity index is 2.77. The lowest BCUT2D eigenvalue weighted by molar-refractivity contribution is 0.401. The van der Waals surface area contributed by atoms with Crippen LogP contribution in [0.15, 0.2) is 18.2 Å². The molecule has 0 spiro atoms. The molecule has 0 aliphatic carbocycles. The molecule has 1 aromatic rings. The molecule has 0 aromatic heterocycles. The molecule has 1 unspecified atom stereocenters. The van der Waals surface area contributed by atoms with Crippen LogP contribution in [0.5, 0.6) is 0 Å². The quantitative estimate of drug-likeness (QED) is 0.821. The van der Waals surface area contributed by atoms with Crippen molar-refractivity contribution in [3.63, 3.8) is 0 Å². The van der Waals surface area contributed by atoms with E-state index in [0.29, 0.717) is 6.42 Å². The number of rotatable bonds is 7. The van der Waals surface area contributed by atoms with Gasteiger partial charge in [0, 0.05) is 30.9 Å². The maximum absolute atomic E-state index is 13.9. The summed E-state index contributed by atoms with van der Waals surface area (Å²) in [4.78, 5) is 4.27. The van der Waals surface area contributed by atoms with Gasteiger partial charge in [-0.05, 0) is 52.5 Å². The molecule has 0 amide bonds. The van der Waals surface area contributed by atoms with Crippen LogP contribution in [-0.4, -0.2) is 45.2 Å². The molecule has 1 aromatic carbocycles. The molecule has 0 saturated heterocycles. The van der Waals surface area contributed by atoms with Gasteiger partial charge in [-0.3, -0.25) is 0 Å². The van der Waals surface area contributed by atoms with Crippen molar-refractivity contribution in [2.24, 2.45) is 5.73 Å². The van der Waals surface area contributed by atoms with Gasteiger partial charge in [0.05, 0.1) is 0 Å². The zero-order chi connectivity index (χ0) is 14.4. The largest absolute Gasteiger partial charge is 0.374 e. The Bertz CT molecular complexity index is 391. The minimum absolute atomic E-state index is 0.0363. The van der Waals surface area contributed by atoms with Crippen LogP contribution in [-0.2, 0) is 6.42 Å². The summed E-state index contributed by atoms with van der Waals surface area (Å²) in [7, 11) is 6.13. The number of nitrogens with two attached hydrogens (primary N) is 1. The molecule has 1 rings (SSSR count). The van der Waals surface area contributed by atoms with Gasteiger partial charge in [-0.2, -0.15) is 0 Å². The van der Waals surface area contributed by atoms with Gasteiger partial charge in [0.15, 0.2) is 0 Å². The van der Waals surface area contributed by atoms with Gasteiger partial charge in [0.25, 0.3) is 0 Å². The summed E-state index contributed by atoms with van der Waals surface area (Å²) >= 11 is 0. The monoisotopic (exact) mass is 267 g/mol. The van der Waals surface area contributed by atoms with E-state index in [9.17, 15) is 4.39 Å². The summed E-state index contributed by atoms with van der Waals surface area (Å²) in [6, 6.07) is 5.20. The van der Waals surface area contributed by atoms with Crippen molar-refractivity contribution >= 4 is 5.69 Å². The summed E-state index contributed by atoms with van der Waals surface area (Å²) in [6.45, 7) is 3.85. The first kappa shape index (κ1) is 15.9. The Labute approximate surface area is 116 Å². The first-order valence-electron chi connectivity index (χ1n) is 6.80. The standard InChI is InChI=1S/C15H26FN3/c1-12(17)11-13-14(16)7-5-8-15(13)19(4)10-6-9-18(2)3/h5,7-8,12H,6,9-11,17H2,1-4H3.